The molecule has 0 aliphatic carbocycles. The van der Waals surface area contributed by atoms with Crippen molar-refractivity contribution in [2.75, 3.05) is 5.73 Å². The molecule has 3 N–H and O–H groups in total. The Balaban J connectivity index is 2.05. The van der Waals surface area contributed by atoms with Crippen molar-refractivity contribution < 1.29 is 8.42 Å². The van der Waals surface area contributed by atoms with Gasteiger partial charge in [0.15, 0.2) is 0 Å². The lowest BCUT2D eigenvalue weighted by Crippen LogP contribution is -2.27. The van der Waals surface area contributed by atoms with Crippen molar-refractivity contribution in [2.24, 2.45) is 0 Å². The van der Waals surface area contributed by atoms with Crippen molar-refractivity contribution >= 4 is 38.6 Å². The highest BCUT2D eigenvalue weighted by molar-refractivity contribution is 7.88. The number of nitrogens with one attached hydrogen (secondary N) is 1. The Hall–Kier alpha value is -1.08. The Labute approximate surface area is 127 Å². The van der Waals surface area contributed by atoms with Crippen molar-refractivity contribution in [3.05, 3.63) is 51.2 Å². The Morgan fingerprint density at radius 1 is 1.25 bits per heavy atom. The van der Waals surface area contributed by atoms with Crippen LogP contribution in [0, 0.1) is 0 Å². The molecule has 2 aromatic rings. The number of sulfonamides is 1. The Morgan fingerprint density at radius 3 is 2.45 bits per heavy atom. The number of rotatable bonds is 5. The van der Waals surface area contributed by atoms with Gasteiger partial charge in [-0.05, 0) is 36.8 Å². The molecule has 1 unspecified atom stereocenters. The van der Waals surface area contributed by atoms with Crippen LogP contribution in [0.1, 0.15) is 23.4 Å². The summed E-state index contributed by atoms with van der Waals surface area (Å²) in [7, 11) is -3.41. The van der Waals surface area contributed by atoms with Gasteiger partial charge in [-0.15, -0.1) is 11.3 Å². The molecule has 0 bridgehead atoms. The summed E-state index contributed by atoms with van der Waals surface area (Å²) in [6.45, 7) is 1.79. The Morgan fingerprint density at radius 2 is 1.90 bits per heavy atom. The fourth-order valence-corrected chi connectivity index (χ4v) is 4.28. The summed E-state index contributed by atoms with van der Waals surface area (Å²) in [5.74, 6) is -0.0727. The molecule has 4 nitrogen and oxygen atoms in total. The van der Waals surface area contributed by atoms with Crippen LogP contribution >= 0.6 is 22.9 Å². The van der Waals surface area contributed by atoms with Crippen LogP contribution in [0.2, 0.25) is 4.34 Å². The lowest BCUT2D eigenvalue weighted by atomic mass is 10.2. The van der Waals surface area contributed by atoms with Crippen LogP contribution in [0.15, 0.2) is 36.4 Å². The molecule has 0 radical (unpaired) electrons. The first-order valence-corrected chi connectivity index (χ1v) is 8.80. The highest BCUT2D eigenvalue weighted by Gasteiger charge is 2.17. The molecule has 1 aromatic carbocycles. The number of hydrogen-bond donors (Lipinski definition) is 2. The second-order valence-electron chi connectivity index (χ2n) is 4.48. The van der Waals surface area contributed by atoms with E-state index in [2.05, 4.69) is 4.72 Å². The molecule has 108 valence electrons. The summed E-state index contributed by atoms with van der Waals surface area (Å²) in [5, 5.41) is 0. The van der Waals surface area contributed by atoms with Gasteiger partial charge in [0.05, 0.1) is 16.1 Å². The largest absolute Gasteiger partial charge is 0.399 e. The third kappa shape index (κ3) is 4.21. The standard InChI is InChI=1S/C13H15ClN2O2S2/c1-9(12-6-7-13(14)19-12)16-20(17,18)8-10-2-4-11(15)5-3-10/h2-7,9,16H,8,15H2,1H3. The highest BCUT2D eigenvalue weighted by atomic mass is 35.5. The van der Waals surface area contributed by atoms with Gasteiger partial charge in [0, 0.05) is 10.6 Å². The molecule has 0 spiro atoms. The number of thiophene rings is 1. The first-order valence-electron chi connectivity index (χ1n) is 5.95. The maximum absolute atomic E-state index is 12.1. The van der Waals surface area contributed by atoms with Crippen molar-refractivity contribution in [2.45, 2.75) is 18.7 Å². The van der Waals surface area contributed by atoms with Gasteiger partial charge in [-0.3, -0.25) is 0 Å². The van der Waals surface area contributed by atoms with E-state index >= 15 is 0 Å². The van der Waals surface area contributed by atoms with E-state index in [0.717, 1.165) is 4.88 Å². The molecule has 0 aliphatic heterocycles. The van der Waals surface area contributed by atoms with Gasteiger partial charge in [0.25, 0.3) is 0 Å². The minimum atomic E-state index is -3.41. The van der Waals surface area contributed by atoms with E-state index in [1.165, 1.54) is 11.3 Å². The zero-order valence-electron chi connectivity index (χ0n) is 10.8. The third-order valence-electron chi connectivity index (χ3n) is 2.71. The molecule has 20 heavy (non-hydrogen) atoms. The SMILES string of the molecule is CC(NS(=O)(=O)Cc1ccc(N)cc1)c1ccc(Cl)s1. The van der Waals surface area contributed by atoms with Crippen molar-refractivity contribution in [1.82, 2.24) is 4.72 Å². The van der Waals surface area contributed by atoms with Gasteiger partial charge in [-0.1, -0.05) is 23.7 Å². The second kappa shape index (κ2) is 6.13. The van der Waals surface area contributed by atoms with E-state index < -0.39 is 10.0 Å². The molecule has 0 amide bonds. The number of anilines is 1. The van der Waals surface area contributed by atoms with Gasteiger partial charge in [-0.2, -0.15) is 0 Å². The van der Waals surface area contributed by atoms with Crippen LogP contribution in [0.5, 0.6) is 0 Å². The normalized spacial score (nSPS) is 13.3. The summed E-state index contributed by atoms with van der Waals surface area (Å²) in [5.41, 5.74) is 6.88. The highest BCUT2D eigenvalue weighted by Crippen LogP contribution is 2.27. The number of benzene rings is 1. The number of nitrogen functional groups attached to an aromatic ring is 1. The predicted octanol–water partition coefficient (Wildman–Crippen LogP) is 3.16. The molecule has 2 rings (SSSR count). The van der Waals surface area contributed by atoms with Gasteiger partial charge < -0.3 is 5.73 Å². The van der Waals surface area contributed by atoms with Crippen LogP contribution in [0.25, 0.3) is 0 Å². The van der Waals surface area contributed by atoms with Crippen molar-refractivity contribution in [3.8, 4) is 0 Å². The molecule has 1 aromatic heterocycles. The Bertz CT molecular complexity index is 681. The zero-order chi connectivity index (χ0) is 14.8. The average Bonchev–Trinajstić information content (AvgIpc) is 2.78. The lowest BCUT2D eigenvalue weighted by Gasteiger charge is -2.12. The summed E-state index contributed by atoms with van der Waals surface area (Å²) in [6, 6.07) is 10.1. The van der Waals surface area contributed by atoms with E-state index in [1.54, 1.807) is 37.3 Å². The molecular formula is C13H15ClN2O2S2. The molecule has 0 saturated heterocycles. The summed E-state index contributed by atoms with van der Waals surface area (Å²) in [4.78, 5) is 0.885. The fraction of sp³-hybridized carbons (Fsp3) is 0.231. The minimum Gasteiger partial charge on any atom is -0.399 e. The third-order valence-corrected chi connectivity index (χ3v) is 5.55. The number of nitrogens with two attached hydrogens (primary N) is 1. The minimum absolute atomic E-state index is 0.0727. The average molecular weight is 331 g/mol. The van der Waals surface area contributed by atoms with Gasteiger partial charge in [0.2, 0.25) is 10.0 Å². The maximum atomic E-state index is 12.1. The topological polar surface area (TPSA) is 72.2 Å². The molecule has 0 saturated carbocycles. The predicted molar refractivity (Wildman–Crippen MR) is 84.4 cm³/mol. The summed E-state index contributed by atoms with van der Waals surface area (Å²) >= 11 is 7.22. The zero-order valence-corrected chi connectivity index (χ0v) is 13.2. The second-order valence-corrected chi connectivity index (χ2v) is 7.98. The van der Waals surface area contributed by atoms with E-state index in [4.69, 9.17) is 17.3 Å². The molecule has 1 atom stereocenters. The first-order chi connectivity index (χ1) is 9.35. The van der Waals surface area contributed by atoms with Crippen LogP contribution in [0.3, 0.4) is 0 Å². The van der Waals surface area contributed by atoms with Crippen LogP contribution < -0.4 is 10.5 Å². The van der Waals surface area contributed by atoms with Crippen molar-refractivity contribution in [3.63, 3.8) is 0 Å². The Kier molecular flexibility index (Phi) is 4.70. The van der Waals surface area contributed by atoms with Crippen molar-refractivity contribution in [1.29, 1.82) is 0 Å². The summed E-state index contributed by atoms with van der Waals surface area (Å²) in [6.07, 6.45) is 0. The molecule has 0 aliphatic rings. The van der Waals surface area contributed by atoms with E-state index in [1.807, 2.05) is 6.07 Å². The van der Waals surface area contributed by atoms with Gasteiger partial charge >= 0.3 is 0 Å². The van der Waals surface area contributed by atoms with Gasteiger partial charge in [-0.25, -0.2) is 13.1 Å². The maximum Gasteiger partial charge on any atom is 0.216 e. The van der Waals surface area contributed by atoms with E-state index in [-0.39, 0.29) is 11.8 Å². The van der Waals surface area contributed by atoms with Gasteiger partial charge in [0.1, 0.15) is 0 Å². The number of hydrogen-bond acceptors (Lipinski definition) is 4. The van der Waals surface area contributed by atoms with Crippen LogP contribution in [0.4, 0.5) is 5.69 Å². The van der Waals surface area contributed by atoms with E-state index in [0.29, 0.717) is 15.6 Å². The molecule has 7 heteroatoms. The fourth-order valence-electron chi connectivity index (χ4n) is 1.76. The number of halogens is 1. The molecule has 0 fully saturated rings. The smallest absolute Gasteiger partial charge is 0.216 e. The quantitative estimate of drug-likeness (QED) is 0.827. The van der Waals surface area contributed by atoms with Crippen LogP contribution in [-0.2, 0) is 15.8 Å². The van der Waals surface area contributed by atoms with E-state index in [9.17, 15) is 8.42 Å². The van der Waals surface area contributed by atoms with Crippen LogP contribution in [-0.4, -0.2) is 8.42 Å². The molecule has 1 heterocycles. The first kappa shape index (κ1) is 15.3. The molecular weight excluding hydrogens is 316 g/mol. The summed E-state index contributed by atoms with van der Waals surface area (Å²) < 4.78 is 27.5. The monoisotopic (exact) mass is 330 g/mol. The lowest BCUT2D eigenvalue weighted by molar-refractivity contribution is 0.567.